The lowest BCUT2D eigenvalue weighted by molar-refractivity contribution is -0.132. The van der Waals surface area contributed by atoms with Crippen molar-refractivity contribution >= 4 is 11.8 Å². The molecule has 1 saturated heterocycles. The van der Waals surface area contributed by atoms with Crippen molar-refractivity contribution < 1.29 is 9.59 Å². The van der Waals surface area contributed by atoms with Gasteiger partial charge in [0.2, 0.25) is 11.8 Å². The molecular weight excluding hydrogens is 266 g/mol. The average molecular weight is 285 g/mol. The van der Waals surface area contributed by atoms with Gasteiger partial charge in [-0.15, -0.1) is 0 Å². The second-order valence-corrected chi connectivity index (χ2v) is 5.17. The zero-order valence-corrected chi connectivity index (χ0v) is 12.0. The number of hydrogen-bond donors (Lipinski definition) is 1. The van der Waals surface area contributed by atoms with E-state index in [4.69, 9.17) is 5.26 Å². The highest BCUT2D eigenvalue weighted by atomic mass is 16.2. The Morgan fingerprint density at radius 1 is 1.19 bits per heavy atom. The molecule has 0 spiro atoms. The molecule has 1 heterocycles. The highest BCUT2D eigenvalue weighted by Gasteiger charge is 2.17. The number of amides is 2. The van der Waals surface area contributed by atoms with Crippen LogP contribution < -0.4 is 5.32 Å². The van der Waals surface area contributed by atoms with E-state index < -0.39 is 0 Å². The number of carbonyl (C=O) groups excluding carboxylic acids is 2. The van der Waals surface area contributed by atoms with Gasteiger partial charge < -0.3 is 10.2 Å². The van der Waals surface area contributed by atoms with E-state index >= 15 is 0 Å². The van der Waals surface area contributed by atoms with Crippen molar-refractivity contribution in [3.63, 3.8) is 0 Å². The first-order chi connectivity index (χ1) is 10.2. The molecular formula is C16H19N3O2. The Hall–Kier alpha value is -2.35. The van der Waals surface area contributed by atoms with Gasteiger partial charge in [0.25, 0.3) is 0 Å². The van der Waals surface area contributed by atoms with Gasteiger partial charge >= 0.3 is 0 Å². The maximum absolute atomic E-state index is 11.8. The first-order valence-electron chi connectivity index (χ1n) is 7.22. The molecule has 1 N–H and O–H groups in total. The van der Waals surface area contributed by atoms with E-state index in [1.54, 1.807) is 17.0 Å². The molecule has 0 bridgehead atoms. The van der Waals surface area contributed by atoms with Crippen molar-refractivity contribution in [1.29, 1.82) is 5.26 Å². The first kappa shape index (κ1) is 15.0. The van der Waals surface area contributed by atoms with Crippen LogP contribution in [0.3, 0.4) is 0 Å². The molecule has 5 heteroatoms. The van der Waals surface area contributed by atoms with Gasteiger partial charge in [-0.1, -0.05) is 12.1 Å². The quantitative estimate of drug-likeness (QED) is 0.884. The Morgan fingerprint density at radius 2 is 1.86 bits per heavy atom. The summed E-state index contributed by atoms with van der Waals surface area (Å²) in [6.07, 6.45) is 3.06. The number of nitriles is 1. The van der Waals surface area contributed by atoms with Gasteiger partial charge in [-0.05, 0) is 37.0 Å². The number of likely N-dealkylation sites (tertiary alicyclic amines) is 1. The lowest BCUT2D eigenvalue weighted by Crippen LogP contribution is -2.38. The summed E-state index contributed by atoms with van der Waals surface area (Å²) in [6, 6.07) is 9.23. The fourth-order valence-corrected chi connectivity index (χ4v) is 2.34. The van der Waals surface area contributed by atoms with Crippen molar-refractivity contribution in [2.24, 2.45) is 0 Å². The Labute approximate surface area is 124 Å². The monoisotopic (exact) mass is 285 g/mol. The van der Waals surface area contributed by atoms with Gasteiger partial charge in [-0.2, -0.15) is 5.26 Å². The fraction of sp³-hybridized carbons (Fsp3) is 0.438. The minimum Gasteiger partial charge on any atom is -0.347 e. The largest absolute Gasteiger partial charge is 0.347 e. The number of aryl methyl sites for hydroxylation is 1. The van der Waals surface area contributed by atoms with Crippen molar-refractivity contribution in [1.82, 2.24) is 10.2 Å². The van der Waals surface area contributed by atoms with E-state index in [1.165, 1.54) is 0 Å². The summed E-state index contributed by atoms with van der Waals surface area (Å²) < 4.78 is 0. The molecule has 0 aliphatic carbocycles. The summed E-state index contributed by atoms with van der Waals surface area (Å²) in [5.41, 5.74) is 1.62. The normalized spacial score (nSPS) is 13.8. The van der Waals surface area contributed by atoms with Crippen LogP contribution in [0.25, 0.3) is 0 Å². The first-order valence-corrected chi connectivity index (χ1v) is 7.22. The second kappa shape index (κ2) is 7.44. The number of nitrogens with zero attached hydrogens (tertiary/aromatic N) is 2. The third kappa shape index (κ3) is 4.60. The number of rotatable bonds is 5. The second-order valence-electron chi connectivity index (χ2n) is 5.17. The minimum absolute atomic E-state index is 0.000719. The topological polar surface area (TPSA) is 73.2 Å². The summed E-state index contributed by atoms with van der Waals surface area (Å²) in [6.45, 7) is 1.70. The number of benzene rings is 1. The molecule has 1 aliphatic heterocycles. The summed E-state index contributed by atoms with van der Waals surface area (Å²) in [7, 11) is 0. The van der Waals surface area contributed by atoms with Crippen LogP contribution in [0.1, 0.15) is 30.4 Å². The lowest BCUT2D eigenvalue weighted by atomic mass is 10.1. The molecule has 1 aromatic carbocycles. The molecule has 1 aliphatic rings. The SMILES string of the molecule is N#Cc1ccc(CCC(=O)NCC(=O)N2CCCC2)cc1. The van der Waals surface area contributed by atoms with Crippen molar-refractivity contribution in [3.05, 3.63) is 35.4 Å². The third-order valence-electron chi connectivity index (χ3n) is 3.62. The fourth-order valence-electron chi connectivity index (χ4n) is 2.34. The summed E-state index contributed by atoms with van der Waals surface area (Å²) in [5, 5.41) is 11.4. The van der Waals surface area contributed by atoms with E-state index in [0.29, 0.717) is 18.4 Å². The molecule has 0 saturated carbocycles. The zero-order chi connectivity index (χ0) is 15.1. The zero-order valence-electron chi connectivity index (χ0n) is 12.0. The number of nitrogens with one attached hydrogen (secondary N) is 1. The Balaban J connectivity index is 1.69. The maximum atomic E-state index is 11.8. The molecule has 2 amide bonds. The van der Waals surface area contributed by atoms with Gasteiger partial charge in [-0.25, -0.2) is 0 Å². The Kier molecular flexibility index (Phi) is 5.33. The standard InChI is InChI=1S/C16H19N3O2/c17-11-14-5-3-13(4-6-14)7-8-15(20)18-12-16(21)19-9-1-2-10-19/h3-6H,1-2,7-10,12H2,(H,18,20). The molecule has 21 heavy (non-hydrogen) atoms. The van der Waals surface area contributed by atoms with Crippen LogP contribution in [-0.2, 0) is 16.0 Å². The van der Waals surface area contributed by atoms with Gasteiger partial charge in [-0.3, -0.25) is 9.59 Å². The number of hydrogen-bond acceptors (Lipinski definition) is 3. The van der Waals surface area contributed by atoms with E-state index in [1.807, 2.05) is 12.1 Å². The van der Waals surface area contributed by atoms with Crippen LogP contribution in [0.2, 0.25) is 0 Å². The van der Waals surface area contributed by atoms with Crippen LogP contribution in [0, 0.1) is 11.3 Å². The van der Waals surface area contributed by atoms with Crippen LogP contribution in [0.5, 0.6) is 0 Å². The van der Waals surface area contributed by atoms with E-state index in [2.05, 4.69) is 11.4 Å². The lowest BCUT2D eigenvalue weighted by Gasteiger charge is -2.15. The van der Waals surface area contributed by atoms with E-state index in [-0.39, 0.29) is 18.4 Å². The van der Waals surface area contributed by atoms with Crippen molar-refractivity contribution in [3.8, 4) is 6.07 Å². The molecule has 0 atom stereocenters. The summed E-state index contributed by atoms with van der Waals surface area (Å²) in [5.74, 6) is -0.119. The van der Waals surface area contributed by atoms with Crippen molar-refractivity contribution in [2.75, 3.05) is 19.6 Å². The molecule has 0 radical (unpaired) electrons. The molecule has 1 fully saturated rings. The maximum Gasteiger partial charge on any atom is 0.241 e. The predicted octanol–water partition coefficient (Wildman–Crippen LogP) is 1.23. The minimum atomic E-state index is -0.119. The van der Waals surface area contributed by atoms with E-state index in [0.717, 1.165) is 31.5 Å². The highest BCUT2D eigenvalue weighted by Crippen LogP contribution is 2.07. The molecule has 0 aromatic heterocycles. The molecule has 110 valence electrons. The summed E-state index contributed by atoms with van der Waals surface area (Å²) in [4.78, 5) is 25.3. The number of carbonyl (C=O) groups is 2. The van der Waals surface area contributed by atoms with Crippen LogP contribution >= 0.6 is 0 Å². The van der Waals surface area contributed by atoms with Gasteiger partial charge in [0.1, 0.15) is 0 Å². The molecule has 1 aromatic rings. The molecule has 0 unspecified atom stereocenters. The van der Waals surface area contributed by atoms with Crippen LogP contribution in [-0.4, -0.2) is 36.3 Å². The van der Waals surface area contributed by atoms with Crippen LogP contribution in [0.4, 0.5) is 0 Å². The Bertz CT molecular complexity index is 540. The van der Waals surface area contributed by atoms with Crippen LogP contribution in [0.15, 0.2) is 24.3 Å². The van der Waals surface area contributed by atoms with E-state index in [9.17, 15) is 9.59 Å². The predicted molar refractivity (Wildman–Crippen MR) is 78.3 cm³/mol. The molecule has 2 rings (SSSR count). The van der Waals surface area contributed by atoms with Gasteiger partial charge in [0, 0.05) is 19.5 Å². The average Bonchev–Trinajstić information content (AvgIpc) is 3.05. The third-order valence-corrected chi connectivity index (χ3v) is 3.62. The Morgan fingerprint density at radius 3 is 2.48 bits per heavy atom. The summed E-state index contributed by atoms with van der Waals surface area (Å²) >= 11 is 0. The highest BCUT2D eigenvalue weighted by molar-refractivity contribution is 5.84. The van der Waals surface area contributed by atoms with Crippen molar-refractivity contribution in [2.45, 2.75) is 25.7 Å². The smallest absolute Gasteiger partial charge is 0.241 e. The molecule has 5 nitrogen and oxygen atoms in total. The van der Waals surface area contributed by atoms with Gasteiger partial charge in [0.15, 0.2) is 0 Å². The van der Waals surface area contributed by atoms with Gasteiger partial charge in [0.05, 0.1) is 18.2 Å².